The predicted molar refractivity (Wildman–Crippen MR) is 80.9 cm³/mol. The fraction of sp³-hybridized carbons (Fsp3) is 0.875. The average molecular weight is 296 g/mol. The fourth-order valence-corrected chi connectivity index (χ4v) is 3.61. The molecule has 120 valence electrons. The number of nitrogens with one attached hydrogen (secondary N) is 2. The summed E-state index contributed by atoms with van der Waals surface area (Å²) in [5, 5.41) is 15.8. The summed E-state index contributed by atoms with van der Waals surface area (Å²) in [6, 6.07) is -0.304. The highest BCUT2D eigenvalue weighted by Crippen LogP contribution is 2.34. The van der Waals surface area contributed by atoms with E-state index in [1.54, 1.807) is 0 Å². The Labute approximate surface area is 126 Å². The third-order valence-electron chi connectivity index (χ3n) is 5.29. The monoisotopic (exact) mass is 296 g/mol. The molecular formula is C16H28N2O3. The highest BCUT2D eigenvalue weighted by Gasteiger charge is 2.46. The zero-order valence-corrected chi connectivity index (χ0v) is 13.4. The highest BCUT2D eigenvalue weighted by molar-refractivity contribution is 5.90. The maximum absolute atomic E-state index is 12.6. The lowest BCUT2D eigenvalue weighted by atomic mass is 9.74. The van der Waals surface area contributed by atoms with E-state index in [4.69, 9.17) is 0 Å². The van der Waals surface area contributed by atoms with Crippen LogP contribution in [0.15, 0.2) is 0 Å². The second kappa shape index (κ2) is 5.95. The van der Waals surface area contributed by atoms with Gasteiger partial charge in [0.2, 0.25) is 5.91 Å². The molecule has 1 unspecified atom stereocenters. The molecule has 1 saturated heterocycles. The lowest BCUT2D eigenvalue weighted by Gasteiger charge is -2.42. The minimum atomic E-state index is -1.07. The molecule has 3 N–H and O–H groups in total. The van der Waals surface area contributed by atoms with E-state index in [1.807, 2.05) is 0 Å². The third-order valence-corrected chi connectivity index (χ3v) is 5.29. The SMILES string of the molecule is CC1CCC(NC(=O)C2NCCCC2(C)C)(C(=O)O)CC1. The summed E-state index contributed by atoms with van der Waals surface area (Å²) in [4.78, 5) is 24.4. The molecule has 0 bridgehead atoms. The molecule has 0 aromatic carbocycles. The molecule has 5 nitrogen and oxygen atoms in total. The smallest absolute Gasteiger partial charge is 0.329 e. The van der Waals surface area contributed by atoms with Crippen LogP contribution >= 0.6 is 0 Å². The number of piperidine rings is 1. The van der Waals surface area contributed by atoms with E-state index in [-0.39, 0.29) is 17.4 Å². The zero-order valence-electron chi connectivity index (χ0n) is 13.4. The van der Waals surface area contributed by atoms with Crippen LogP contribution in [0.25, 0.3) is 0 Å². The van der Waals surface area contributed by atoms with Crippen molar-refractivity contribution in [3.8, 4) is 0 Å². The molecule has 1 aliphatic carbocycles. The Bertz CT molecular complexity index is 412. The van der Waals surface area contributed by atoms with Crippen molar-refractivity contribution in [1.29, 1.82) is 0 Å². The summed E-state index contributed by atoms with van der Waals surface area (Å²) in [7, 11) is 0. The molecule has 0 radical (unpaired) electrons. The lowest BCUT2D eigenvalue weighted by molar-refractivity contribution is -0.150. The van der Waals surface area contributed by atoms with Gasteiger partial charge in [-0.1, -0.05) is 20.8 Å². The topological polar surface area (TPSA) is 78.4 Å². The van der Waals surface area contributed by atoms with Gasteiger partial charge in [-0.3, -0.25) is 4.79 Å². The number of carbonyl (C=O) groups excluding carboxylic acids is 1. The van der Waals surface area contributed by atoms with Gasteiger partial charge in [0, 0.05) is 0 Å². The van der Waals surface area contributed by atoms with Crippen molar-refractivity contribution in [3.05, 3.63) is 0 Å². The van der Waals surface area contributed by atoms with Crippen molar-refractivity contribution in [2.45, 2.75) is 70.9 Å². The Balaban J connectivity index is 2.10. The summed E-state index contributed by atoms with van der Waals surface area (Å²) >= 11 is 0. The molecule has 2 rings (SSSR count). The molecule has 0 spiro atoms. The number of amides is 1. The van der Waals surface area contributed by atoms with Gasteiger partial charge in [-0.2, -0.15) is 0 Å². The van der Waals surface area contributed by atoms with Crippen LogP contribution in [0.4, 0.5) is 0 Å². The van der Waals surface area contributed by atoms with E-state index < -0.39 is 11.5 Å². The van der Waals surface area contributed by atoms with E-state index >= 15 is 0 Å². The number of carboxylic acid groups (broad SMARTS) is 1. The van der Waals surface area contributed by atoms with E-state index in [9.17, 15) is 14.7 Å². The Morgan fingerprint density at radius 3 is 2.33 bits per heavy atom. The number of aliphatic carboxylic acids is 1. The normalized spacial score (nSPS) is 36.0. The van der Waals surface area contributed by atoms with Gasteiger partial charge in [0.1, 0.15) is 5.54 Å². The van der Waals surface area contributed by atoms with Crippen LogP contribution in [-0.2, 0) is 9.59 Å². The summed E-state index contributed by atoms with van der Waals surface area (Å²) < 4.78 is 0. The van der Waals surface area contributed by atoms with Crippen LogP contribution in [-0.4, -0.2) is 35.1 Å². The van der Waals surface area contributed by atoms with Gasteiger partial charge in [-0.05, 0) is 56.4 Å². The Kier molecular flexibility index (Phi) is 4.61. The van der Waals surface area contributed by atoms with Crippen LogP contribution in [0.1, 0.15) is 59.3 Å². The molecule has 1 heterocycles. The van der Waals surface area contributed by atoms with Gasteiger partial charge in [0.25, 0.3) is 0 Å². The molecule has 1 aliphatic heterocycles. The molecule has 21 heavy (non-hydrogen) atoms. The van der Waals surface area contributed by atoms with Gasteiger partial charge in [0.15, 0.2) is 0 Å². The average Bonchev–Trinajstić information content (AvgIpc) is 2.40. The summed E-state index contributed by atoms with van der Waals surface area (Å²) in [6.45, 7) is 7.09. The number of rotatable bonds is 3. The van der Waals surface area contributed by atoms with Crippen LogP contribution < -0.4 is 10.6 Å². The minimum Gasteiger partial charge on any atom is -0.480 e. The molecule has 1 amide bonds. The van der Waals surface area contributed by atoms with Gasteiger partial charge >= 0.3 is 5.97 Å². The largest absolute Gasteiger partial charge is 0.480 e. The molecule has 1 atom stereocenters. The van der Waals surface area contributed by atoms with Crippen LogP contribution in [0.5, 0.6) is 0 Å². The van der Waals surface area contributed by atoms with Crippen LogP contribution in [0.2, 0.25) is 0 Å². The van der Waals surface area contributed by atoms with Crippen molar-refractivity contribution in [1.82, 2.24) is 10.6 Å². The van der Waals surface area contributed by atoms with Gasteiger partial charge < -0.3 is 15.7 Å². The molecule has 1 saturated carbocycles. The van der Waals surface area contributed by atoms with E-state index in [2.05, 4.69) is 31.4 Å². The maximum atomic E-state index is 12.6. The molecule has 0 aromatic heterocycles. The predicted octanol–water partition coefficient (Wildman–Crippen LogP) is 1.91. The Hall–Kier alpha value is -1.10. The first-order chi connectivity index (χ1) is 9.77. The number of hydrogen-bond acceptors (Lipinski definition) is 3. The summed E-state index contributed by atoms with van der Waals surface area (Å²) in [5.74, 6) is -0.508. The number of carbonyl (C=O) groups is 2. The zero-order chi connectivity index (χ0) is 15.7. The lowest BCUT2D eigenvalue weighted by Crippen LogP contribution is -2.63. The van der Waals surface area contributed by atoms with Crippen molar-refractivity contribution in [2.24, 2.45) is 11.3 Å². The van der Waals surface area contributed by atoms with Crippen molar-refractivity contribution in [3.63, 3.8) is 0 Å². The van der Waals surface area contributed by atoms with Crippen LogP contribution in [0, 0.1) is 11.3 Å². The van der Waals surface area contributed by atoms with Gasteiger partial charge in [-0.25, -0.2) is 4.79 Å². The molecule has 5 heteroatoms. The molecular weight excluding hydrogens is 268 g/mol. The van der Waals surface area contributed by atoms with Gasteiger partial charge in [0.05, 0.1) is 6.04 Å². The van der Waals surface area contributed by atoms with E-state index in [0.717, 1.165) is 32.2 Å². The Morgan fingerprint density at radius 1 is 1.19 bits per heavy atom. The first kappa shape index (κ1) is 16.3. The van der Waals surface area contributed by atoms with Crippen molar-refractivity contribution < 1.29 is 14.7 Å². The number of hydrogen-bond donors (Lipinski definition) is 3. The number of carboxylic acids is 1. The second-order valence-electron chi connectivity index (χ2n) is 7.54. The fourth-order valence-electron chi connectivity index (χ4n) is 3.61. The van der Waals surface area contributed by atoms with Crippen LogP contribution in [0.3, 0.4) is 0 Å². The summed E-state index contributed by atoms with van der Waals surface area (Å²) in [6.07, 6.45) is 4.81. The Morgan fingerprint density at radius 2 is 1.81 bits per heavy atom. The summed E-state index contributed by atoms with van der Waals surface area (Å²) in [5.41, 5.74) is -1.21. The maximum Gasteiger partial charge on any atom is 0.329 e. The first-order valence-corrected chi connectivity index (χ1v) is 8.06. The quantitative estimate of drug-likeness (QED) is 0.743. The van der Waals surface area contributed by atoms with Crippen molar-refractivity contribution in [2.75, 3.05) is 6.54 Å². The first-order valence-electron chi connectivity index (χ1n) is 8.06. The molecule has 2 fully saturated rings. The second-order valence-corrected chi connectivity index (χ2v) is 7.54. The minimum absolute atomic E-state index is 0.135. The molecule has 2 aliphatic rings. The van der Waals surface area contributed by atoms with E-state index in [0.29, 0.717) is 18.8 Å². The van der Waals surface area contributed by atoms with Crippen molar-refractivity contribution >= 4 is 11.9 Å². The standard InChI is InChI=1S/C16H28N2O3/c1-11-5-8-16(9-6-11,14(20)21)18-13(19)12-15(2,3)7-4-10-17-12/h11-12,17H,4-10H2,1-3H3,(H,18,19)(H,20,21). The molecule has 0 aromatic rings. The van der Waals surface area contributed by atoms with Gasteiger partial charge in [-0.15, -0.1) is 0 Å². The highest BCUT2D eigenvalue weighted by atomic mass is 16.4. The van der Waals surface area contributed by atoms with E-state index in [1.165, 1.54) is 0 Å². The third kappa shape index (κ3) is 3.39.